The molecule has 0 radical (unpaired) electrons. The summed E-state index contributed by atoms with van der Waals surface area (Å²) in [6.07, 6.45) is 3.67. The van der Waals surface area contributed by atoms with Crippen molar-refractivity contribution in [2.75, 3.05) is 6.61 Å². The van der Waals surface area contributed by atoms with E-state index in [1.807, 2.05) is 12.2 Å². The number of ether oxygens (including phenoxy) is 1. The van der Waals surface area contributed by atoms with E-state index in [4.69, 9.17) is 9.57 Å². The average molecular weight is 366 g/mol. The molecule has 1 heterocycles. The molecule has 3 amide bonds. The summed E-state index contributed by atoms with van der Waals surface area (Å²) in [7, 11) is 0. The molecule has 3 rings (SSSR count). The number of hydroxylamine groups is 2. The number of hydrogen-bond acceptors (Lipinski definition) is 7. The summed E-state index contributed by atoms with van der Waals surface area (Å²) in [5.41, 5.74) is -0.793. The number of nitrogens with one attached hydrogen (secondary N) is 1. The standard InChI is InChI=1S/C17H22N2O7/c1-17(2,3)25-16(24)18-10(7-20)15(23)26-19-13(21)11-8-4-5-9(6-8)12(11)14(19)22/h4-5,8-12,20H,6-7H2,1-3H3,(H,18,24)/t8-,9+,10?,11-,12+. The highest BCUT2D eigenvalue weighted by Gasteiger charge is 2.61. The first kappa shape index (κ1) is 18.4. The van der Waals surface area contributed by atoms with Gasteiger partial charge in [0.15, 0.2) is 6.04 Å². The van der Waals surface area contributed by atoms with Gasteiger partial charge in [-0.05, 0) is 39.0 Å². The SMILES string of the molecule is CC(C)(C)OC(=O)NC(CO)C(=O)ON1C(=O)[C@@H]2[C@H](C1=O)[C@@H]1C=C[C@H]2C1. The van der Waals surface area contributed by atoms with Crippen LogP contribution in [0.5, 0.6) is 0 Å². The first-order valence-corrected chi connectivity index (χ1v) is 8.50. The second kappa shape index (κ2) is 6.39. The third kappa shape index (κ3) is 3.18. The molecule has 2 fully saturated rings. The molecule has 1 unspecified atom stereocenters. The number of hydrogen-bond donors (Lipinski definition) is 2. The van der Waals surface area contributed by atoms with E-state index in [0.29, 0.717) is 5.06 Å². The van der Waals surface area contributed by atoms with Crippen LogP contribution in [0.2, 0.25) is 0 Å². The Bertz CT molecular complexity index is 651. The zero-order chi connectivity index (χ0) is 19.2. The number of aliphatic hydroxyl groups is 1. The highest BCUT2D eigenvalue weighted by Crippen LogP contribution is 2.52. The van der Waals surface area contributed by atoms with Gasteiger partial charge in [0.05, 0.1) is 18.4 Å². The highest BCUT2D eigenvalue weighted by atomic mass is 16.7. The third-order valence-corrected chi connectivity index (χ3v) is 4.77. The van der Waals surface area contributed by atoms with Crippen LogP contribution in [0.4, 0.5) is 4.79 Å². The maximum atomic E-state index is 12.5. The topological polar surface area (TPSA) is 122 Å². The molecule has 3 aliphatic rings. The summed E-state index contributed by atoms with van der Waals surface area (Å²) < 4.78 is 5.00. The summed E-state index contributed by atoms with van der Waals surface area (Å²) >= 11 is 0. The van der Waals surface area contributed by atoms with Crippen LogP contribution < -0.4 is 5.32 Å². The molecule has 0 aromatic heterocycles. The lowest BCUT2D eigenvalue weighted by Gasteiger charge is -2.23. The van der Waals surface area contributed by atoms with Gasteiger partial charge in [-0.15, -0.1) is 5.06 Å². The van der Waals surface area contributed by atoms with Gasteiger partial charge in [-0.2, -0.15) is 0 Å². The number of aliphatic hydroxyl groups excluding tert-OH is 1. The quantitative estimate of drug-likeness (QED) is 0.536. The molecule has 1 saturated heterocycles. The number of amides is 3. The van der Waals surface area contributed by atoms with Crippen molar-refractivity contribution in [1.82, 2.24) is 10.4 Å². The fourth-order valence-corrected chi connectivity index (χ4v) is 3.75. The minimum Gasteiger partial charge on any atom is -0.444 e. The number of rotatable bonds is 4. The van der Waals surface area contributed by atoms with Gasteiger partial charge in [0.1, 0.15) is 5.60 Å². The van der Waals surface area contributed by atoms with E-state index in [1.165, 1.54) is 0 Å². The first-order valence-electron chi connectivity index (χ1n) is 8.50. The molecule has 0 aromatic carbocycles. The van der Waals surface area contributed by atoms with Crippen molar-refractivity contribution >= 4 is 23.9 Å². The highest BCUT2D eigenvalue weighted by molar-refractivity contribution is 6.06. The second-order valence-electron chi connectivity index (χ2n) is 7.76. The molecule has 0 aromatic rings. The number of fused-ring (bicyclic) bond motifs is 5. The van der Waals surface area contributed by atoms with E-state index in [9.17, 15) is 24.3 Å². The van der Waals surface area contributed by atoms with Gasteiger partial charge in [-0.3, -0.25) is 9.59 Å². The Hall–Kier alpha value is -2.42. The normalized spacial score (nSPS) is 30.4. The van der Waals surface area contributed by atoms with Crippen molar-refractivity contribution in [3.05, 3.63) is 12.2 Å². The lowest BCUT2D eigenvalue weighted by molar-refractivity contribution is -0.201. The van der Waals surface area contributed by atoms with Gasteiger partial charge in [-0.25, -0.2) is 9.59 Å². The maximum absolute atomic E-state index is 12.5. The van der Waals surface area contributed by atoms with Crippen molar-refractivity contribution in [1.29, 1.82) is 0 Å². The summed E-state index contributed by atoms with van der Waals surface area (Å²) in [6, 6.07) is -1.46. The minimum atomic E-state index is -1.46. The Morgan fingerprint density at radius 3 is 2.23 bits per heavy atom. The van der Waals surface area contributed by atoms with Crippen LogP contribution >= 0.6 is 0 Å². The van der Waals surface area contributed by atoms with E-state index >= 15 is 0 Å². The Morgan fingerprint density at radius 1 is 1.23 bits per heavy atom. The molecule has 2 bridgehead atoms. The van der Waals surface area contributed by atoms with Crippen molar-refractivity contribution in [3.8, 4) is 0 Å². The van der Waals surface area contributed by atoms with E-state index in [-0.39, 0.29) is 11.8 Å². The summed E-state index contributed by atoms with van der Waals surface area (Å²) in [4.78, 5) is 53.8. The predicted octanol–water partition coefficient (Wildman–Crippen LogP) is 0.137. The predicted molar refractivity (Wildman–Crippen MR) is 85.9 cm³/mol. The zero-order valence-electron chi connectivity index (χ0n) is 14.8. The van der Waals surface area contributed by atoms with Crippen LogP contribution in [0.3, 0.4) is 0 Å². The minimum absolute atomic E-state index is 0.0151. The molecule has 9 heteroatoms. The second-order valence-corrected chi connectivity index (χ2v) is 7.76. The van der Waals surface area contributed by atoms with E-state index < -0.39 is 54.0 Å². The Labute approximate surface area is 150 Å². The van der Waals surface area contributed by atoms with E-state index in [2.05, 4.69) is 5.32 Å². The Balaban J connectivity index is 1.63. The molecule has 1 saturated carbocycles. The van der Waals surface area contributed by atoms with Gasteiger partial charge in [-0.1, -0.05) is 12.2 Å². The van der Waals surface area contributed by atoms with Gasteiger partial charge in [0.2, 0.25) is 0 Å². The molecular formula is C17H22N2O7. The smallest absolute Gasteiger partial charge is 0.408 e. The Morgan fingerprint density at radius 2 is 1.77 bits per heavy atom. The molecule has 5 atom stereocenters. The lowest BCUT2D eigenvalue weighted by Crippen LogP contribution is -2.49. The number of imide groups is 1. The molecule has 2 N–H and O–H groups in total. The van der Waals surface area contributed by atoms with Crippen molar-refractivity contribution in [2.24, 2.45) is 23.7 Å². The molecule has 142 valence electrons. The van der Waals surface area contributed by atoms with Crippen LogP contribution in [0.1, 0.15) is 27.2 Å². The lowest BCUT2D eigenvalue weighted by atomic mass is 9.85. The number of carbonyl (C=O) groups excluding carboxylic acids is 4. The van der Waals surface area contributed by atoms with Crippen molar-refractivity contribution in [2.45, 2.75) is 38.8 Å². The molecule has 2 aliphatic carbocycles. The number of alkyl carbamates (subject to hydrolysis) is 1. The molecular weight excluding hydrogens is 344 g/mol. The van der Waals surface area contributed by atoms with Crippen LogP contribution in [0.25, 0.3) is 0 Å². The Kier molecular flexibility index (Phi) is 4.51. The fourth-order valence-electron chi connectivity index (χ4n) is 3.75. The molecule has 0 spiro atoms. The van der Waals surface area contributed by atoms with Gasteiger partial charge in [0, 0.05) is 0 Å². The van der Waals surface area contributed by atoms with Crippen LogP contribution in [0, 0.1) is 23.7 Å². The molecule has 26 heavy (non-hydrogen) atoms. The zero-order valence-corrected chi connectivity index (χ0v) is 14.8. The van der Waals surface area contributed by atoms with E-state index in [1.54, 1.807) is 20.8 Å². The largest absolute Gasteiger partial charge is 0.444 e. The van der Waals surface area contributed by atoms with E-state index in [0.717, 1.165) is 6.42 Å². The molecule has 9 nitrogen and oxygen atoms in total. The van der Waals surface area contributed by atoms with Crippen molar-refractivity contribution in [3.63, 3.8) is 0 Å². The number of carbonyl (C=O) groups is 4. The van der Waals surface area contributed by atoms with Gasteiger partial charge < -0.3 is 20.0 Å². The average Bonchev–Trinajstić information content (AvgIpc) is 3.20. The van der Waals surface area contributed by atoms with Gasteiger partial charge >= 0.3 is 12.1 Å². The van der Waals surface area contributed by atoms with Gasteiger partial charge in [0.25, 0.3) is 11.8 Å². The fraction of sp³-hybridized carbons (Fsp3) is 0.647. The number of nitrogens with zero attached hydrogens (tertiary/aromatic N) is 1. The number of allylic oxidation sites excluding steroid dienone is 2. The monoisotopic (exact) mass is 366 g/mol. The van der Waals surface area contributed by atoms with Crippen LogP contribution in [0.15, 0.2) is 12.2 Å². The first-order chi connectivity index (χ1) is 12.1. The summed E-state index contributed by atoms with van der Waals surface area (Å²) in [5, 5.41) is 12.0. The third-order valence-electron chi connectivity index (χ3n) is 4.77. The van der Waals surface area contributed by atoms with Crippen molar-refractivity contribution < 1.29 is 33.9 Å². The van der Waals surface area contributed by atoms with Crippen LogP contribution in [-0.4, -0.2) is 52.3 Å². The molecule has 1 aliphatic heterocycles. The maximum Gasteiger partial charge on any atom is 0.408 e. The van der Waals surface area contributed by atoms with Crippen LogP contribution in [-0.2, 0) is 24.0 Å². The summed E-state index contributed by atoms with van der Waals surface area (Å²) in [6.45, 7) is 4.15. The summed E-state index contributed by atoms with van der Waals surface area (Å²) in [5.74, 6) is -3.26.